The molecule has 1 aromatic rings. The zero-order valence-electron chi connectivity index (χ0n) is 10.6. The van der Waals surface area contributed by atoms with Gasteiger partial charge in [0.2, 0.25) is 26.0 Å². The molecule has 0 bridgehead atoms. The summed E-state index contributed by atoms with van der Waals surface area (Å²) in [5, 5.41) is 0. The summed E-state index contributed by atoms with van der Waals surface area (Å²) in [5.74, 6) is -0.980. The number of sulfonamides is 2. The molecule has 0 saturated heterocycles. The molecule has 0 aliphatic rings. The number of hydrogen-bond acceptors (Lipinski definition) is 5. The van der Waals surface area contributed by atoms with E-state index in [0.29, 0.717) is 0 Å². The molecule has 1 aromatic carbocycles. The first-order chi connectivity index (χ1) is 9.12. The Kier molecular flexibility index (Phi) is 5.22. The van der Waals surface area contributed by atoms with E-state index in [1.54, 1.807) is 6.07 Å². The number of carbonyl (C=O) groups is 1. The predicted octanol–water partition coefficient (Wildman–Crippen LogP) is -1.63. The summed E-state index contributed by atoms with van der Waals surface area (Å²) in [7, 11) is -7.52. The van der Waals surface area contributed by atoms with Crippen LogP contribution in [0.4, 0.5) is 0 Å². The molecule has 0 heterocycles. The number of nitrogens with one attached hydrogen (secondary N) is 2. The Morgan fingerprint density at radius 2 is 1.75 bits per heavy atom. The second kappa shape index (κ2) is 6.31. The number of carbonyl (C=O) groups excluding carboxylic acids is 1. The van der Waals surface area contributed by atoms with Gasteiger partial charge in [0, 0.05) is 6.54 Å². The van der Waals surface area contributed by atoms with Crippen molar-refractivity contribution < 1.29 is 21.6 Å². The van der Waals surface area contributed by atoms with Crippen LogP contribution in [0.3, 0.4) is 0 Å². The second-order valence-electron chi connectivity index (χ2n) is 4.01. The maximum Gasteiger partial charge on any atom is 0.240 e. The fraction of sp³-hybridized carbons (Fsp3) is 0.300. The lowest BCUT2D eigenvalue weighted by molar-refractivity contribution is -0.119. The van der Waals surface area contributed by atoms with Crippen molar-refractivity contribution >= 4 is 26.0 Å². The van der Waals surface area contributed by atoms with Gasteiger partial charge in [-0.2, -0.15) is 0 Å². The molecule has 1 unspecified atom stereocenters. The molecule has 20 heavy (non-hydrogen) atoms. The molecule has 0 fully saturated rings. The van der Waals surface area contributed by atoms with E-state index in [1.165, 1.54) is 24.3 Å². The third-order valence-corrected chi connectivity index (χ3v) is 4.38. The Morgan fingerprint density at radius 3 is 2.20 bits per heavy atom. The first kappa shape index (κ1) is 16.6. The summed E-state index contributed by atoms with van der Waals surface area (Å²) in [5.41, 5.74) is 5.01. The molecule has 1 amide bonds. The van der Waals surface area contributed by atoms with Crippen LogP contribution in [0.25, 0.3) is 0 Å². The third-order valence-electron chi connectivity index (χ3n) is 2.23. The van der Waals surface area contributed by atoms with Crippen molar-refractivity contribution in [1.29, 1.82) is 0 Å². The zero-order valence-corrected chi connectivity index (χ0v) is 12.2. The molecular weight excluding hydrogens is 306 g/mol. The van der Waals surface area contributed by atoms with Crippen LogP contribution in [0.5, 0.6) is 0 Å². The van der Waals surface area contributed by atoms with Crippen LogP contribution in [-0.2, 0) is 24.8 Å². The van der Waals surface area contributed by atoms with E-state index in [1.807, 2.05) is 4.72 Å². The Labute approximate surface area is 117 Å². The van der Waals surface area contributed by atoms with E-state index in [0.717, 1.165) is 6.26 Å². The van der Waals surface area contributed by atoms with E-state index >= 15 is 0 Å². The molecule has 4 N–H and O–H groups in total. The summed E-state index contributed by atoms with van der Waals surface area (Å²) in [4.78, 5) is 11.1. The van der Waals surface area contributed by atoms with Crippen LogP contribution < -0.4 is 15.2 Å². The van der Waals surface area contributed by atoms with Gasteiger partial charge >= 0.3 is 0 Å². The van der Waals surface area contributed by atoms with E-state index in [4.69, 9.17) is 5.73 Å². The molecule has 0 aromatic heterocycles. The maximum atomic E-state index is 11.9. The van der Waals surface area contributed by atoms with Crippen LogP contribution in [0.2, 0.25) is 0 Å². The number of amides is 1. The van der Waals surface area contributed by atoms with Gasteiger partial charge in [-0.3, -0.25) is 4.79 Å². The van der Waals surface area contributed by atoms with Gasteiger partial charge in [0.25, 0.3) is 0 Å². The molecular formula is C10H15N3O5S2. The van der Waals surface area contributed by atoms with E-state index in [2.05, 4.69) is 4.72 Å². The van der Waals surface area contributed by atoms with Crippen molar-refractivity contribution in [3.63, 3.8) is 0 Å². The summed E-state index contributed by atoms with van der Waals surface area (Å²) in [6.45, 7) is -0.473. The third kappa shape index (κ3) is 5.25. The van der Waals surface area contributed by atoms with Crippen molar-refractivity contribution in [2.24, 2.45) is 5.73 Å². The minimum atomic E-state index is -3.84. The number of benzene rings is 1. The van der Waals surface area contributed by atoms with Crippen LogP contribution in [0.1, 0.15) is 0 Å². The van der Waals surface area contributed by atoms with E-state index in [9.17, 15) is 21.6 Å². The van der Waals surface area contributed by atoms with Gasteiger partial charge < -0.3 is 5.73 Å². The molecule has 0 aliphatic heterocycles. The van der Waals surface area contributed by atoms with Crippen molar-refractivity contribution in [1.82, 2.24) is 9.44 Å². The van der Waals surface area contributed by atoms with Crippen LogP contribution in [0.15, 0.2) is 35.2 Å². The van der Waals surface area contributed by atoms with Gasteiger partial charge in [-0.05, 0) is 12.1 Å². The van der Waals surface area contributed by atoms with Crippen LogP contribution in [-0.4, -0.2) is 41.6 Å². The van der Waals surface area contributed by atoms with E-state index in [-0.39, 0.29) is 4.90 Å². The highest BCUT2D eigenvalue weighted by Crippen LogP contribution is 2.06. The Morgan fingerprint density at radius 1 is 1.20 bits per heavy atom. The average Bonchev–Trinajstić information content (AvgIpc) is 2.34. The summed E-state index contributed by atoms with van der Waals surface area (Å²) < 4.78 is 49.9. The zero-order chi connectivity index (χ0) is 15.4. The molecule has 0 spiro atoms. The lowest BCUT2D eigenvalue weighted by Gasteiger charge is -2.14. The topological polar surface area (TPSA) is 135 Å². The van der Waals surface area contributed by atoms with Crippen molar-refractivity contribution in [3.05, 3.63) is 30.3 Å². The first-order valence-corrected chi connectivity index (χ1v) is 8.80. The number of nitrogens with two attached hydrogens (primary N) is 1. The largest absolute Gasteiger partial charge is 0.368 e. The quantitative estimate of drug-likeness (QED) is 0.554. The highest BCUT2D eigenvalue weighted by atomic mass is 32.2. The van der Waals surface area contributed by atoms with Crippen molar-refractivity contribution in [2.75, 3.05) is 12.8 Å². The lowest BCUT2D eigenvalue weighted by atomic mass is 10.3. The molecule has 1 atom stereocenters. The first-order valence-electron chi connectivity index (χ1n) is 5.43. The highest BCUT2D eigenvalue weighted by Gasteiger charge is 2.22. The minimum absolute atomic E-state index is 0.00239. The summed E-state index contributed by atoms with van der Waals surface area (Å²) in [6, 6.07) is 6.10. The fourth-order valence-electron chi connectivity index (χ4n) is 1.33. The van der Waals surface area contributed by atoms with E-state index < -0.39 is 38.5 Å². The standard InChI is InChI=1S/C10H15N3O5S2/c1-19(15,16)13-9(10(11)14)7-12-20(17,18)8-5-3-2-4-6-8/h2-6,9,12-13H,7H2,1H3,(H2,11,14). The Bertz CT molecular complexity index is 670. The lowest BCUT2D eigenvalue weighted by Crippen LogP contribution is -2.50. The smallest absolute Gasteiger partial charge is 0.240 e. The molecule has 0 saturated carbocycles. The average molecular weight is 321 g/mol. The second-order valence-corrected chi connectivity index (χ2v) is 7.56. The number of hydrogen-bond donors (Lipinski definition) is 3. The Hall–Kier alpha value is -1.49. The molecule has 0 aliphatic carbocycles. The number of rotatable bonds is 7. The Balaban J connectivity index is 2.80. The maximum absolute atomic E-state index is 11.9. The van der Waals surface area contributed by atoms with Gasteiger partial charge in [-0.25, -0.2) is 26.3 Å². The van der Waals surface area contributed by atoms with Gasteiger partial charge in [0.1, 0.15) is 6.04 Å². The predicted molar refractivity (Wildman–Crippen MR) is 72.6 cm³/mol. The fourth-order valence-corrected chi connectivity index (χ4v) is 3.12. The molecule has 0 radical (unpaired) electrons. The monoisotopic (exact) mass is 321 g/mol. The molecule has 112 valence electrons. The summed E-state index contributed by atoms with van der Waals surface area (Å²) >= 11 is 0. The minimum Gasteiger partial charge on any atom is -0.368 e. The highest BCUT2D eigenvalue weighted by molar-refractivity contribution is 7.89. The van der Waals surface area contributed by atoms with Gasteiger partial charge in [-0.1, -0.05) is 18.2 Å². The summed E-state index contributed by atoms with van der Waals surface area (Å²) in [6.07, 6.45) is 0.842. The molecule has 10 heteroatoms. The van der Waals surface area contributed by atoms with Crippen molar-refractivity contribution in [3.8, 4) is 0 Å². The normalized spacial score (nSPS) is 13.8. The van der Waals surface area contributed by atoms with Gasteiger partial charge in [-0.15, -0.1) is 0 Å². The SMILES string of the molecule is CS(=O)(=O)NC(CNS(=O)(=O)c1ccccc1)C(N)=O. The molecule has 1 rings (SSSR count). The van der Waals surface area contributed by atoms with Crippen LogP contribution >= 0.6 is 0 Å². The van der Waals surface area contributed by atoms with Crippen molar-refractivity contribution in [2.45, 2.75) is 10.9 Å². The van der Waals surface area contributed by atoms with Gasteiger partial charge in [0.05, 0.1) is 11.2 Å². The van der Waals surface area contributed by atoms with Gasteiger partial charge in [0.15, 0.2) is 0 Å². The molecule has 8 nitrogen and oxygen atoms in total. The van der Waals surface area contributed by atoms with Crippen LogP contribution in [0, 0.1) is 0 Å². The number of primary amides is 1.